The molecule has 19 heavy (non-hydrogen) atoms. The molecule has 0 amide bonds. The highest BCUT2D eigenvalue weighted by Crippen LogP contribution is 2.24. The Hall–Kier alpha value is -1.81. The Bertz CT molecular complexity index is 558. The number of halogens is 3. The van der Waals surface area contributed by atoms with Gasteiger partial charge in [-0.2, -0.15) is 0 Å². The molecule has 0 aromatic heterocycles. The lowest BCUT2D eigenvalue weighted by Crippen LogP contribution is -2.11. The van der Waals surface area contributed by atoms with E-state index in [2.05, 4.69) is 5.32 Å². The molecule has 0 unspecified atom stereocenters. The van der Waals surface area contributed by atoms with E-state index >= 15 is 0 Å². The minimum Gasteiger partial charge on any atom is -0.313 e. The summed E-state index contributed by atoms with van der Waals surface area (Å²) in [6.07, 6.45) is 0. The highest BCUT2D eigenvalue weighted by molar-refractivity contribution is 5.64. The first-order valence-electron chi connectivity index (χ1n) is 6.06. The van der Waals surface area contributed by atoms with E-state index in [1.165, 1.54) is 0 Å². The summed E-state index contributed by atoms with van der Waals surface area (Å²) in [4.78, 5) is 0. The van der Waals surface area contributed by atoms with Crippen LogP contribution >= 0.6 is 0 Å². The van der Waals surface area contributed by atoms with Gasteiger partial charge in [-0.1, -0.05) is 25.1 Å². The summed E-state index contributed by atoms with van der Waals surface area (Å²) >= 11 is 0. The van der Waals surface area contributed by atoms with E-state index in [0.29, 0.717) is 17.7 Å². The highest BCUT2D eigenvalue weighted by atomic mass is 19.2. The van der Waals surface area contributed by atoms with Gasteiger partial charge in [0.05, 0.1) is 0 Å². The molecule has 0 saturated carbocycles. The molecule has 0 aliphatic rings. The van der Waals surface area contributed by atoms with Gasteiger partial charge in [-0.25, -0.2) is 13.2 Å². The van der Waals surface area contributed by atoms with E-state index in [1.807, 2.05) is 19.1 Å². The summed E-state index contributed by atoms with van der Waals surface area (Å²) in [5.41, 5.74) is 1.99. The summed E-state index contributed by atoms with van der Waals surface area (Å²) in [7, 11) is 0. The number of nitrogens with one attached hydrogen (secondary N) is 1. The number of hydrogen-bond donors (Lipinski definition) is 1. The van der Waals surface area contributed by atoms with Crippen molar-refractivity contribution in [2.75, 3.05) is 6.54 Å². The molecule has 0 aliphatic heterocycles. The summed E-state index contributed by atoms with van der Waals surface area (Å²) in [5.74, 6) is -3.79. The maximum atomic E-state index is 13.2. The molecule has 0 fully saturated rings. The Balaban J connectivity index is 2.36. The van der Waals surface area contributed by atoms with Crippen LogP contribution in [0.5, 0.6) is 0 Å². The Morgan fingerprint density at radius 2 is 1.63 bits per heavy atom. The van der Waals surface area contributed by atoms with Crippen molar-refractivity contribution in [3.8, 4) is 11.1 Å². The minimum atomic E-state index is -1.44. The average Bonchev–Trinajstić information content (AvgIpc) is 2.42. The third-order valence-corrected chi connectivity index (χ3v) is 2.82. The molecule has 4 heteroatoms. The van der Waals surface area contributed by atoms with Crippen molar-refractivity contribution >= 4 is 0 Å². The van der Waals surface area contributed by atoms with E-state index in [9.17, 15) is 13.2 Å². The van der Waals surface area contributed by atoms with Gasteiger partial charge in [-0.3, -0.25) is 0 Å². The zero-order valence-corrected chi connectivity index (χ0v) is 10.5. The van der Waals surface area contributed by atoms with Crippen LogP contribution in [0.4, 0.5) is 13.2 Å². The second kappa shape index (κ2) is 5.89. The molecule has 0 saturated heterocycles. The van der Waals surface area contributed by atoms with Gasteiger partial charge in [-0.05, 0) is 41.4 Å². The van der Waals surface area contributed by atoms with Crippen LogP contribution in [0.15, 0.2) is 36.4 Å². The lowest BCUT2D eigenvalue weighted by molar-refractivity contribution is 0.447. The smallest absolute Gasteiger partial charge is 0.194 e. The normalized spacial score (nSPS) is 10.7. The van der Waals surface area contributed by atoms with Crippen molar-refractivity contribution in [1.29, 1.82) is 0 Å². The van der Waals surface area contributed by atoms with Gasteiger partial charge in [-0.15, -0.1) is 0 Å². The van der Waals surface area contributed by atoms with Gasteiger partial charge in [0, 0.05) is 6.54 Å². The lowest BCUT2D eigenvalue weighted by atomic mass is 10.0. The van der Waals surface area contributed by atoms with Crippen LogP contribution in [-0.4, -0.2) is 6.54 Å². The number of hydrogen-bond acceptors (Lipinski definition) is 1. The third-order valence-electron chi connectivity index (χ3n) is 2.82. The van der Waals surface area contributed by atoms with Gasteiger partial charge in [0.2, 0.25) is 0 Å². The van der Waals surface area contributed by atoms with E-state index < -0.39 is 17.5 Å². The largest absolute Gasteiger partial charge is 0.313 e. The fraction of sp³-hybridized carbons (Fsp3) is 0.200. The molecule has 2 aromatic rings. The van der Waals surface area contributed by atoms with Gasteiger partial charge in [0.15, 0.2) is 17.5 Å². The number of benzene rings is 2. The maximum absolute atomic E-state index is 13.2. The topological polar surface area (TPSA) is 12.0 Å². The molecule has 0 aliphatic carbocycles. The molecule has 0 spiro atoms. The van der Waals surface area contributed by atoms with Crippen LogP contribution in [-0.2, 0) is 6.54 Å². The monoisotopic (exact) mass is 265 g/mol. The predicted octanol–water partition coefficient (Wildman–Crippen LogP) is 3.88. The SMILES string of the molecule is CCNCc1cccc(-c2cc(F)c(F)c(F)c2)c1. The van der Waals surface area contributed by atoms with Crippen molar-refractivity contribution in [1.82, 2.24) is 5.32 Å². The van der Waals surface area contributed by atoms with Crippen LogP contribution in [0.25, 0.3) is 11.1 Å². The summed E-state index contributed by atoms with van der Waals surface area (Å²) in [5, 5.41) is 3.17. The molecule has 0 bridgehead atoms. The van der Waals surface area contributed by atoms with Crippen molar-refractivity contribution < 1.29 is 13.2 Å². The standard InChI is InChI=1S/C15H14F3N/c1-2-19-9-10-4-3-5-11(6-10)12-7-13(16)15(18)14(17)8-12/h3-8,19H,2,9H2,1H3. The van der Waals surface area contributed by atoms with Crippen molar-refractivity contribution in [3.05, 3.63) is 59.4 Å². The Kier molecular flexibility index (Phi) is 4.22. The van der Waals surface area contributed by atoms with Crippen LogP contribution in [0.2, 0.25) is 0 Å². The first-order chi connectivity index (χ1) is 9.11. The molecule has 0 atom stereocenters. The van der Waals surface area contributed by atoms with Crippen LogP contribution in [0, 0.1) is 17.5 Å². The van der Waals surface area contributed by atoms with Gasteiger partial charge < -0.3 is 5.32 Å². The third kappa shape index (κ3) is 3.15. The molecule has 2 rings (SSSR count). The molecule has 2 aromatic carbocycles. The lowest BCUT2D eigenvalue weighted by Gasteiger charge is -2.07. The quantitative estimate of drug-likeness (QED) is 0.827. The van der Waals surface area contributed by atoms with Gasteiger partial charge in [0.1, 0.15) is 0 Å². The van der Waals surface area contributed by atoms with Gasteiger partial charge >= 0.3 is 0 Å². The molecule has 1 N–H and O–H groups in total. The van der Waals surface area contributed by atoms with Crippen LogP contribution in [0.3, 0.4) is 0 Å². The predicted molar refractivity (Wildman–Crippen MR) is 69.1 cm³/mol. The van der Waals surface area contributed by atoms with E-state index in [1.54, 1.807) is 12.1 Å². The second-order valence-electron chi connectivity index (χ2n) is 4.23. The fourth-order valence-electron chi connectivity index (χ4n) is 1.85. The molecule has 0 heterocycles. The van der Waals surface area contributed by atoms with Crippen LogP contribution < -0.4 is 5.32 Å². The van der Waals surface area contributed by atoms with Crippen molar-refractivity contribution in [3.63, 3.8) is 0 Å². The minimum absolute atomic E-state index is 0.328. The Morgan fingerprint density at radius 1 is 0.947 bits per heavy atom. The Morgan fingerprint density at radius 3 is 2.26 bits per heavy atom. The van der Waals surface area contributed by atoms with Crippen molar-refractivity contribution in [2.24, 2.45) is 0 Å². The maximum Gasteiger partial charge on any atom is 0.194 e. The molecule has 0 radical (unpaired) electrons. The van der Waals surface area contributed by atoms with Crippen molar-refractivity contribution in [2.45, 2.75) is 13.5 Å². The second-order valence-corrected chi connectivity index (χ2v) is 4.23. The van der Waals surface area contributed by atoms with E-state index in [4.69, 9.17) is 0 Å². The zero-order valence-electron chi connectivity index (χ0n) is 10.5. The molecule has 100 valence electrons. The molecular weight excluding hydrogens is 251 g/mol. The van der Waals surface area contributed by atoms with Gasteiger partial charge in [0.25, 0.3) is 0 Å². The highest BCUT2D eigenvalue weighted by Gasteiger charge is 2.11. The first-order valence-corrected chi connectivity index (χ1v) is 6.06. The van der Waals surface area contributed by atoms with E-state index in [0.717, 1.165) is 24.2 Å². The Labute approximate surface area is 110 Å². The molecule has 1 nitrogen and oxygen atoms in total. The zero-order chi connectivity index (χ0) is 13.8. The molecular formula is C15H14F3N. The summed E-state index contributed by atoms with van der Waals surface area (Å²) in [6.45, 7) is 3.51. The average molecular weight is 265 g/mol. The van der Waals surface area contributed by atoms with E-state index in [-0.39, 0.29) is 0 Å². The fourth-order valence-corrected chi connectivity index (χ4v) is 1.85. The van der Waals surface area contributed by atoms with Crippen LogP contribution in [0.1, 0.15) is 12.5 Å². The number of rotatable bonds is 4. The summed E-state index contributed by atoms with van der Waals surface area (Å²) in [6, 6.07) is 9.30. The first kappa shape index (κ1) is 13.6. The summed E-state index contributed by atoms with van der Waals surface area (Å²) < 4.78 is 39.3.